The molecule has 3 aromatic rings. The minimum absolute atomic E-state index is 0.0406. The maximum absolute atomic E-state index is 12.6. The summed E-state index contributed by atoms with van der Waals surface area (Å²) in [5.41, 5.74) is 1.58. The molecular weight excluding hydrogens is 424 g/mol. The molecule has 0 aliphatic carbocycles. The van der Waals surface area contributed by atoms with Crippen molar-refractivity contribution in [2.45, 2.75) is 18.9 Å². The lowest BCUT2D eigenvalue weighted by Gasteiger charge is -2.29. The summed E-state index contributed by atoms with van der Waals surface area (Å²) >= 11 is 5.96. The molecule has 0 radical (unpaired) electrons. The first-order valence-electron chi connectivity index (χ1n) is 10.6. The molecule has 0 spiro atoms. The van der Waals surface area contributed by atoms with Crippen molar-refractivity contribution in [3.63, 3.8) is 0 Å². The number of amides is 2. The molecule has 162 valence electrons. The number of likely N-dealkylation sites (tertiary alicyclic amines) is 1. The molecule has 1 fully saturated rings. The summed E-state index contributed by atoms with van der Waals surface area (Å²) in [6.45, 7) is 2.20. The summed E-state index contributed by atoms with van der Waals surface area (Å²) in [4.78, 5) is 27.4. The van der Waals surface area contributed by atoms with E-state index in [1.54, 1.807) is 6.07 Å². The van der Waals surface area contributed by atoms with Crippen LogP contribution < -0.4 is 10.6 Å². The Balaban J connectivity index is 1.51. The first-order chi connectivity index (χ1) is 15.6. The predicted octanol–water partition coefficient (Wildman–Crippen LogP) is 4.26. The molecule has 7 heteroatoms. The highest BCUT2D eigenvalue weighted by Crippen LogP contribution is 2.30. The normalized spacial score (nSPS) is 14.6. The summed E-state index contributed by atoms with van der Waals surface area (Å²) in [7, 11) is 0. The molecule has 3 aromatic carbocycles. The molecule has 1 aliphatic rings. The van der Waals surface area contributed by atoms with Crippen molar-refractivity contribution in [2.75, 3.05) is 25.0 Å². The van der Waals surface area contributed by atoms with E-state index in [1.807, 2.05) is 24.3 Å². The molecule has 1 aliphatic heterocycles. The van der Waals surface area contributed by atoms with Crippen molar-refractivity contribution >= 4 is 39.9 Å². The number of carbonyl (C=O) groups is 2. The quantitative estimate of drug-likeness (QED) is 0.573. The van der Waals surface area contributed by atoms with Crippen molar-refractivity contribution in [1.29, 1.82) is 5.26 Å². The smallest absolute Gasteiger partial charge is 0.313 e. The zero-order valence-corrected chi connectivity index (χ0v) is 18.2. The van der Waals surface area contributed by atoms with E-state index in [2.05, 4.69) is 39.8 Å². The second kappa shape index (κ2) is 9.82. The highest BCUT2D eigenvalue weighted by atomic mass is 35.5. The number of nitrogens with one attached hydrogen (secondary N) is 2. The summed E-state index contributed by atoms with van der Waals surface area (Å²) in [5.74, 6) is -1.58. The fraction of sp³-hybridized carbons (Fsp3) is 0.240. The number of fused-ring (bicyclic) bond motifs is 1. The molecule has 4 rings (SSSR count). The number of rotatable bonds is 5. The Hall–Kier alpha value is -3.40. The number of hydrogen-bond acceptors (Lipinski definition) is 4. The average molecular weight is 447 g/mol. The third-order valence-electron chi connectivity index (χ3n) is 5.78. The minimum Gasteiger partial charge on any atom is -0.346 e. The number of carbonyl (C=O) groups excluding carboxylic acids is 2. The monoisotopic (exact) mass is 446 g/mol. The highest BCUT2D eigenvalue weighted by Gasteiger charge is 2.26. The fourth-order valence-corrected chi connectivity index (χ4v) is 4.37. The second-order valence-electron chi connectivity index (χ2n) is 7.79. The van der Waals surface area contributed by atoms with Gasteiger partial charge in [0.2, 0.25) is 0 Å². The van der Waals surface area contributed by atoms with Crippen LogP contribution in [0.3, 0.4) is 0 Å². The van der Waals surface area contributed by atoms with E-state index in [9.17, 15) is 14.9 Å². The lowest BCUT2D eigenvalue weighted by molar-refractivity contribution is -0.136. The van der Waals surface area contributed by atoms with Crippen LogP contribution in [-0.4, -0.2) is 36.3 Å². The highest BCUT2D eigenvalue weighted by molar-refractivity contribution is 6.40. The zero-order valence-electron chi connectivity index (χ0n) is 17.5. The first-order valence-corrected chi connectivity index (χ1v) is 10.9. The lowest BCUT2D eigenvalue weighted by Crippen LogP contribution is -2.41. The first kappa shape index (κ1) is 21.8. The molecule has 6 nitrogen and oxygen atoms in total. The Morgan fingerprint density at radius 2 is 1.78 bits per heavy atom. The number of benzene rings is 3. The Kier molecular flexibility index (Phi) is 6.69. The second-order valence-corrected chi connectivity index (χ2v) is 8.23. The van der Waals surface area contributed by atoms with Crippen LogP contribution in [0, 0.1) is 11.3 Å². The van der Waals surface area contributed by atoms with Gasteiger partial charge in [0.05, 0.1) is 17.3 Å². The maximum atomic E-state index is 12.6. The summed E-state index contributed by atoms with van der Waals surface area (Å²) in [5, 5.41) is 17.1. The Morgan fingerprint density at radius 1 is 1.03 bits per heavy atom. The number of nitrogens with zero attached hydrogens (tertiary/aromatic N) is 2. The Bertz CT molecular complexity index is 1190. The van der Waals surface area contributed by atoms with Gasteiger partial charge in [0, 0.05) is 11.6 Å². The van der Waals surface area contributed by atoms with Gasteiger partial charge >= 0.3 is 11.8 Å². The van der Waals surface area contributed by atoms with Gasteiger partial charge in [-0.25, -0.2) is 0 Å². The largest absolute Gasteiger partial charge is 0.346 e. The van der Waals surface area contributed by atoms with Crippen LogP contribution in [0.15, 0.2) is 60.7 Å². The van der Waals surface area contributed by atoms with E-state index in [1.165, 1.54) is 12.1 Å². The predicted molar refractivity (Wildman–Crippen MR) is 125 cm³/mol. The topological polar surface area (TPSA) is 85.2 Å². The third-order valence-corrected chi connectivity index (χ3v) is 6.01. The van der Waals surface area contributed by atoms with Gasteiger partial charge in [0.25, 0.3) is 0 Å². The molecule has 0 bridgehead atoms. The number of halogens is 1. The fourth-order valence-electron chi connectivity index (χ4n) is 4.20. The van der Waals surface area contributed by atoms with Crippen molar-refractivity contribution in [2.24, 2.45) is 0 Å². The molecule has 2 N–H and O–H groups in total. The van der Waals surface area contributed by atoms with Crippen molar-refractivity contribution < 1.29 is 9.59 Å². The molecule has 1 heterocycles. The van der Waals surface area contributed by atoms with Gasteiger partial charge in [-0.2, -0.15) is 5.26 Å². The van der Waals surface area contributed by atoms with E-state index in [-0.39, 0.29) is 17.3 Å². The van der Waals surface area contributed by atoms with Gasteiger partial charge in [-0.3, -0.25) is 14.5 Å². The molecule has 2 amide bonds. The molecule has 0 saturated carbocycles. The van der Waals surface area contributed by atoms with E-state index < -0.39 is 11.8 Å². The van der Waals surface area contributed by atoms with Crippen molar-refractivity contribution in [1.82, 2.24) is 10.2 Å². The molecule has 0 aromatic heterocycles. The van der Waals surface area contributed by atoms with Crippen LogP contribution in [0.1, 0.15) is 30.0 Å². The molecule has 1 saturated heterocycles. The number of hydrogen-bond donors (Lipinski definition) is 2. The van der Waals surface area contributed by atoms with E-state index in [0.29, 0.717) is 11.6 Å². The number of anilines is 1. The van der Waals surface area contributed by atoms with Crippen LogP contribution >= 0.6 is 11.6 Å². The molecule has 0 unspecified atom stereocenters. The van der Waals surface area contributed by atoms with Crippen LogP contribution in [0.4, 0.5) is 5.69 Å². The van der Waals surface area contributed by atoms with Crippen LogP contribution in [0.25, 0.3) is 10.8 Å². The Labute approximate surface area is 191 Å². The van der Waals surface area contributed by atoms with Gasteiger partial charge in [0.15, 0.2) is 0 Å². The molecule has 32 heavy (non-hydrogen) atoms. The summed E-state index contributed by atoms with van der Waals surface area (Å²) in [6.07, 6.45) is 2.23. The van der Waals surface area contributed by atoms with Gasteiger partial charge in [-0.15, -0.1) is 0 Å². The standard InChI is InChI=1S/C25H23ClN4O2/c26-19-11-10-18(15-27)22(14-19)29-25(32)24(31)28-16-23(30-12-3-4-13-30)21-9-5-7-17-6-1-2-8-20(17)21/h1-2,5-11,14,23H,3-4,12-13,16H2,(H,28,31)(H,29,32)/t23-/m0/s1. The average Bonchev–Trinajstić information content (AvgIpc) is 3.34. The molecular formula is C25H23ClN4O2. The zero-order chi connectivity index (χ0) is 22.5. The summed E-state index contributed by atoms with van der Waals surface area (Å²) < 4.78 is 0. The Morgan fingerprint density at radius 3 is 2.56 bits per heavy atom. The third kappa shape index (κ3) is 4.75. The van der Waals surface area contributed by atoms with E-state index in [0.717, 1.165) is 42.3 Å². The van der Waals surface area contributed by atoms with E-state index >= 15 is 0 Å². The van der Waals surface area contributed by atoms with Gasteiger partial charge < -0.3 is 10.6 Å². The van der Waals surface area contributed by atoms with E-state index in [4.69, 9.17) is 11.6 Å². The van der Waals surface area contributed by atoms with Crippen molar-refractivity contribution in [3.8, 4) is 6.07 Å². The van der Waals surface area contributed by atoms with Crippen molar-refractivity contribution in [3.05, 3.63) is 76.8 Å². The summed E-state index contributed by atoms with van der Waals surface area (Å²) in [6, 6.07) is 20.8. The minimum atomic E-state index is -0.832. The van der Waals surface area contributed by atoms with Crippen LogP contribution in [0.2, 0.25) is 5.02 Å². The SMILES string of the molecule is N#Cc1ccc(Cl)cc1NC(=O)C(=O)NC[C@@H](c1cccc2ccccc12)N1CCCC1. The van der Waals surface area contributed by atoms with Crippen LogP contribution in [0.5, 0.6) is 0 Å². The van der Waals surface area contributed by atoms with Crippen LogP contribution in [-0.2, 0) is 9.59 Å². The maximum Gasteiger partial charge on any atom is 0.313 e. The van der Waals surface area contributed by atoms with Gasteiger partial charge in [0.1, 0.15) is 6.07 Å². The van der Waals surface area contributed by atoms with Gasteiger partial charge in [-0.05, 0) is 60.5 Å². The number of nitriles is 1. The molecule has 1 atom stereocenters. The lowest BCUT2D eigenvalue weighted by atomic mass is 9.97. The van der Waals surface area contributed by atoms with Gasteiger partial charge in [-0.1, -0.05) is 54.1 Å².